The number of aromatic amines is 1. The molecular weight excluding hydrogens is 479 g/mol. The van der Waals surface area contributed by atoms with E-state index >= 15 is 0 Å². The van der Waals surface area contributed by atoms with Gasteiger partial charge < -0.3 is 9.72 Å². The number of hydrogen-bond acceptors (Lipinski definition) is 6. The second-order valence-corrected chi connectivity index (χ2v) is 8.84. The third-order valence-corrected chi connectivity index (χ3v) is 6.34. The Kier molecular flexibility index (Phi) is 6.55. The molecule has 7 nitrogen and oxygen atoms in total. The summed E-state index contributed by atoms with van der Waals surface area (Å²) < 4.78 is 18.8. The number of rotatable bonds is 7. The van der Waals surface area contributed by atoms with Crippen LogP contribution in [0.2, 0.25) is 0 Å². The molecule has 0 aliphatic heterocycles. The van der Waals surface area contributed by atoms with E-state index in [4.69, 9.17) is 4.74 Å². The Balaban J connectivity index is 1.31. The quantitative estimate of drug-likeness (QED) is 0.265. The van der Waals surface area contributed by atoms with Crippen LogP contribution in [0.25, 0.3) is 33.7 Å². The summed E-state index contributed by atoms with van der Waals surface area (Å²) in [4.78, 5) is 38.2. The molecular formula is C27H21FN4O3S. The zero-order valence-electron chi connectivity index (χ0n) is 19.2. The van der Waals surface area contributed by atoms with Crippen molar-refractivity contribution in [3.63, 3.8) is 0 Å². The number of thiazole rings is 1. The van der Waals surface area contributed by atoms with Crippen molar-refractivity contribution in [1.29, 1.82) is 0 Å². The Hall–Kier alpha value is -4.37. The van der Waals surface area contributed by atoms with E-state index < -0.39 is 18.0 Å². The van der Waals surface area contributed by atoms with Crippen molar-refractivity contribution in [2.45, 2.75) is 19.4 Å². The average Bonchev–Trinajstić information content (AvgIpc) is 3.54. The normalized spacial score (nSPS) is 11.8. The summed E-state index contributed by atoms with van der Waals surface area (Å²) in [5, 5.41) is 4.84. The molecule has 0 saturated carbocycles. The van der Waals surface area contributed by atoms with Crippen LogP contribution in [0.4, 0.5) is 9.52 Å². The molecule has 1 atom stereocenters. The summed E-state index contributed by atoms with van der Waals surface area (Å²) in [7, 11) is 0. The number of H-pyrrole nitrogens is 1. The van der Waals surface area contributed by atoms with Crippen molar-refractivity contribution < 1.29 is 18.7 Å². The van der Waals surface area contributed by atoms with Gasteiger partial charge in [0.15, 0.2) is 11.2 Å². The molecule has 9 heteroatoms. The molecule has 1 amide bonds. The number of carbonyl (C=O) groups is 2. The first-order chi connectivity index (χ1) is 17.5. The summed E-state index contributed by atoms with van der Waals surface area (Å²) >= 11 is 1.23. The molecule has 5 aromatic rings. The van der Waals surface area contributed by atoms with Crippen molar-refractivity contribution in [3.8, 4) is 22.6 Å². The van der Waals surface area contributed by atoms with E-state index in [0.29, 0.717) is 27.8 Å². The van der Waals surface area contributed by atoms with Gasteiger partial charge in [0, 0.05) is 16.5 Å². The molecule has 0 aliphatic rings. The first-order valence-corrected chi connectivity index (χ1v) is 12.2. The molecule has 1 unspecified atom stereocenters. The highest BCUT2D eigenvalue weighted by Gasteiger charge is 2.25. The number of fused-ring (bicyclic) bond motifs is 1. The second kappa shape index (κ2) is 10.1. The number of amides is 1. The summed E-state index contributed by atoms with van der Waals surface area (Å²) in [5.41, 5.74) is 3.86. The van der Waals surface area contributed by atoms with Gasteiger partial charge in [0.25, 0.3) is 5.91 Å². The van der Waals surface area contributed by atoms with Gasteiger partial charge in [0.2, 0.25) is 0 Å². The molecule has 0 bridgehead atoms. The van der Waals surface area contributed by atoms with Crippen LogP contribution in [0.5, 0.6) is 0 Å². The maximum absolute atomic E-state index is 13.2. The third-order valence-electron chi connectivity index (χ3n) is 5.58. The van der Waals surface area contributed by atoms with Crippen LogP contribution in [0.15, 0.2) is 78.2 Å². The van der Waals surface area contributed by atoms with E-state index in [1.807, 2.05) is 30.3 Å². The van der Waals surface area contributed by atoms with Crippen LogP contribution in [0, 0.1) is 5.82 Å². The minimum absolute atomic E-state index is 0.278. The van der Waals surface area contributed by atoms with E-state index in [1.165, 1.54) is 23.5 Å². The standard InChI is InChI=1S/C27H21FN4O3S/c1-2-23(25(33)32-27-31-22(15-36-27)16-11-13-17(28)14-12-16)35-26(34)19-8-4-3-7-18(19)24-29-20-9-5-6-10-21(20)30-24/h3-15,23H,2H2,1H3,(H,29,30)(H,31,32,33). The van der Waals surface area contributed by atoms with Gasteiger partial charge in [-0.25, -0.2) is 19.2 Å². The molecule has 0 fully saturated rings. The maximum atomic E-state index is 13.2. The molecule has 2 N–H and O–H groups in total. The van der Waals surface area contributed by atoms with E-state index in [9.17, 15) is 14.0 Å². The highest BCUT2D eigenvalue weighted by molar-refractivity contribution is 7.14. The number of imidazole rings is 1. The Bertz CT molecular complexity index is 1510. The number of ether oxygens (including phenoxy) is 1. The van der Waals surface area contributed by atoms with Gasteiger partial charge in [-0.05, 0) is 48.9 Å². The summed E-state index contributed by atoms with van der Waals surface area (Å²) in [6, 6.07) is 20.5. The van der Waals surface area contributed by atoms with Crippen LogP contribution < -0.4 is 5.32 Å². The van der Waals surface area contributed by atoms with Gasteiger partial charge >= 0.3 is 5.97 Å². The molecule has 0 aliphatic carbocycles. The van der Waals surface area contributed by atoms with Gasteiger partial charge in [-0.2, -0.15) is 0 Å². The predicted molar refractivity (Wildman–Crippen MR) is 137 cm³/mol. The van der Waals surface area contributed by atoms with Gasteiger partial charge in [-0.15, -0.1) is 11.3 Å². The van der Waals surface area contributed by atoms with Gasteiger partial charge in [-0.3, -0.25) is 10.1 Å². The number of hydrogen-bond donors (Lipinski definition) is 2. The minimum Gasteiger partial charge on any atom is -0.449 e. The first kappa shape index (κ1) is 23.4. The summed E-state index contributed by atoms with van der Waals surface area (Å²) in [5.74, 6) is -0.902. The van der Waals surface area contributed by atoms with Crippen LogP contribution in [0.3, 0.4) is 0 Å². The highest BCUT2D eigenvalue weighted by atomic mass is 32.1. The van der Waals surface area contributed by atoms with Gasteiger partial charge in [-0.1, -0.05) is 37.3 Å². The number of aromatic nitrogens is 3. The molecule has 36 heavy (non-hydrogen) atoms. The molecule has 2 aromatic heterocycles. The van der Waals surface area contributed by atoms with Crippen molar-refractivity contribution in [3.05, 3.63) is 89.6 Å². The molecule has 180 valence electrons. The zero-order chi connectivity index (χ0) is 25.1. The largest absolute Gasteiger partial charge is 0.449 e. The lowest BCUT2D eigenvalue weighted by atomic mass is 10.1. The lowest BCUT2D eigenvalue weighted by Gasteiger charge is -2.16. The maximum Gasteiger partial charge on any atom is 0.339 e. The predicted octanol–water partition coefficient (Wildman–Crippen LogP) is 6.07. The number of esters is 1. The average molecular weight is 501 g/mol. The van der Waals surface area contributed by atoms with Crippen LogP contribution >= 0.6 is 11.3 Å². The number of anilines is 1. The van der Waals surface area contributed by atoms with Crippen molar-refractivity contribution in [2.75, 3.05) is 5.32 Å². The zero-order valence-corrected chi connectivity index (χ0v) is 20.0. The highest BCUT2D eigenvalue weighted by Crippen LogP contribution is 2.27. The van der Waals surface area contributed by atoms with E-state index in [1.54, 1.807) is 42.6 Å². The monoisotopic (exact) mass is 500 g/mol. The van der Waals surface area contributed by atoms with Crippen molar-refractivity contribution in [1.82, 2.24) is 15.0 Å². The van der Waals surface area contributed by atoms with Gasteiger partial charge in [0.1, 0.15) is 11.6 Å². The summed E-state index contributed by atoms with van der Waals surface area (Å²) in [6.45, 7) is 1.76. The lowest BCUT2D eigenvalue weighted by Crippen LogP contribution is -2.32. The Labute approximate surface area is 210 Å². The second-order valence-electron chi connectivity index (χ2n) is 7.98. The van der Waals surface area contributed by atoms with Crippen LogP contribution in [-0.2, 0) is 9.53 Å². The van der Waals surface area contributed by atoms with E-state index in [-0.39, 0.29) is 12.2 Å². The number of carbonyl (C=O) groups excluding carboxylic acids is 2. The molecule has 0 radical (unpaired) electrons. The Morgan fingerprint density at radius 2 is 1.78 bits per heavy atom. The molecule has 2 heterocycles. The first-order valence-electron chi connectivity index (χ1n) is 11.3. The van der Waals surface area contributed by atoms with Crippen LogP contribution in [-0.4, -0.2) is 32.9 Å². The van der Waals surface area contributed by atoms with E-state index in [0.717, 1.165) is 16.6 Å². The smallest absolute Gasteiger partial charge is 0.339 e. The van der Waals surface area contributed by atoms with Crippen molar-refractivity contribution >= 4 is 39.4 Å². The fourth-order valence-electron chi connectivity index (χ4n) is 3.73. The molecule has 0 spiro atoms. The third kappa shape index (κ3) is 4.87. The van der Waals surface area contributed by atoms with Crippen LogP contribution in [0.1, 0.15) is 23.7 Å². The molecule has 3 aromatic carbocycles. The minimum atomic E-state index is -1.01. The fraction of sp³-hybridized carbons (Fsp3) is 0.111. The Morgan fingerprint density at radius 3 is 2.56 bits per heavy atom. The number of para-hydroxylation sites is 2. The number of nitrogens with one attached hydrogen (secondary N) is 2. The lowest BCUT2D eigenvalue weighted by molar-refractivity contribution is -0.124. The summed E-state index contributed by atoms with van der Waals surface area (Å²) in [6.07, 6.45) is -0.736. The number of nitrogens with zero attached hydrogens (tertiary/aromatic N) is 2. The molecule has 5 rings (SSSR count). The van der Waals surface area contributed by atoms with Gasteiger partial charge in [0.05, 0.1) is 22.3 Å². The van der Waals surface area contributed by atoms with Crippen molar-refractivity contribution in [2.24, 2.45) is 0 Å². The SMILES string of the molecule is CCC(OC(=O)c1ccccc1-c1nc2ccccc2[nH]1)C(=O)Nc1nc(-c2ccc(F)cc2)cs1. The van der Waals surface area contributed by atoms with E-state index in [2.05, 4.69) is 20.3 Å². The topological polar surface area (TPSA) is 97.0 Å². The number of halogens is 1. The Morgan fingerprint density at radius 1 is 1.03 bits per heavy atom. The fourth-order valence-corrected chi connectivity index (χ4v) is 4.46. The number of benzene rings is 3. The molecule has 0 saturated heterocycles.